The molecule has 0 aliphatic heterocycles. The lowest BCUT2D eigenvalue weighted by Crippen LogP contribution is -2.60. The minimum Gasteiger partial charge on any atom is -0.417 e. The van der Waals surface area contributed by atoms with Gasteiger partial charge in [-0.25, -0.2) is 0 Å². The fraction of sp³-hybridized carbons (Fsp3) is 0.933. The second-order valence-corrected chi connectivity index (χ2v) is 26.1. The van der Waals surface area contributed by atoms with Gasteiger partial charge in [-0.05, 0) is 65.3 Å². The van der Waals surface area contributed by atoms with Crippen LogP contribution in [0.5, 0.6) is 0 Å². The van der Waals surface area contributed by atoms with Gasteiger partial charge in [0.05, 0.1) is 0 Å². The fourth-order valence-corrected chi connectivity index (χ4v) is 16.9. The van der Waals surface area contributed by atoms with E-state index in [4.69, 9.17) is 12.3 Å². The van der Waals surface area contributed by atoms with Crippen LogP contribution in [-0.4, -0.2) is 46.2 Å². The Kier molecular flexibility index (Phi) is 9.32. The molecule has 0 aromatic heterocycles. The van der Waals surface area contributed by atoms with E-state index in [2.05, 4.69) is 64.2 Å². The molecule has 0 spiro atoms. The number of nitrogens with one attached hydrogen (secondary N) is 1. The number of carbonyl (C=O) groups is 1. The Morgan fingerprint density at radius 2 is 1.17 bits per heavy atom. The number of amides is 1. The van der Waals surface area contributed by atoms with Crippen LogP contribution in [0.1, 0.15) is 19.8 Å². The maximum absolute atomic E-state index is 11.4. The molecule has 0 unspecified atom stereocenters. The van der Waals surface area contributed by atoms with Crippen LogP contribution >= 0.6 is 0 Å². The molecule has 0 fully saturated rings. The van der Waals surface area contributed by atoms with Crippen LogP contribution in [0.25, 0.3) is 0 Å². The molecule has 0 aromatic carbocycles. The first kappa shape index (κ1) is 24.2. The third kappa shape index (κ3) is 12.6. The monoisotopic (exact) mass is 409 g/mol. The fourth-order valence-electron chi connectivity index (χ4n) is 2.27. The molecule has 0 bridgehead atoms. The van der Waals surface area contributed by atoms with E-state index in [0.717, 1.165) is 12.5 Å². The average Bonchev–Trinajstić information content (AvgIpc) is 2.27. The van der Waals surface area contributed by atoms with Crippen molar-refractivity contribution in [2.45, 2.75) is 84.7 Å². The molecular weight excluding hydrogens is 371 g/mol. The molecule has 0 heterocycles. The molecule has 0 atom stereocenters. The molecule has 0 aliphatic carbocycles. The van der Waals surface area contributed by atoms with Crippen molar-refractivity contribution in [3.63, 3.8) is 0 Å². The van der Waals surface area contributed by atoms with E-state index in [-0.39, 0.29) is 5.91 Å². The van der Waals surface area contributed by atoms with Crippen LogP contribution in [0, 0.1) is 0 Å². The Hall–Kier alpha value is 0.218. The Morgan fingerprint density at radius 3 is 1.46 bits per heavy atom. The number of hydrogen-bond acceptors (Lipinski definition) is 4. The van der Waals surface area contributed by atoms with E-state index in [0.29, 0.717) is 13.0 Å². The van der Waals surface area contributed by atoms with E-state index in [1.54, 1.807) is 0 Å². The third-order valence-corrected chi connectivity index (χ3v) is 14.7. The Balaban J connectivity index is 5.27. The summed E-state index contributed by atoms with van der Waals surface area (Å²) in [6, 6.07) is 0.774. The zero-order chi connectivity index (χ0) is 19.2. The summed E-state index contributed by atoms with van der Waals surface area (Å²) in [6.45, 7) is 22.2. The van der Waals surface area contributed by atoms with Crippen molar-refractivity contribution in [1.29, 1.82) is 0 Å². The van der Waals surface area contributed by atoms with E-state index in [1.165, 1.54) is 0 Å². The average molecular weight is 410 g/mol. The minimum absolute atomic E-state index is 0.0885. The lowest BCUT2D eigenvalue weighted by atomic mass is 10.4. The number of carbonyl (C=O) groups excluding carboxylic acids is 1. The Bertz CT molecular complexity index is 359. The molecule has 0 saturated carbocycles. The first-order valence-electron chi connectivity index (χ1n) is 8.95. The lowest BCUT2D eigenvalue weighted by Gasteiger charge is -2.43. The van der Waals surface area contributed by atoms with Gasteiger partial charge in [-0.1, -0.05) is 6.92 Å². The molecular formula is C15H39NO4Si4. The molecule has 144 valence electrons. The molecule has 0 radical (unpaired) electrons. The van der Waals surface area contributed by atoms with Crippen LogP contribution < -0.4 is 5.32 Å². The van der Waals surface area contributed by atoms with Gasteiger partial charge in [0.15, 0.2) is 25.0 Å². The van der Waals surface area contributed by atoms with E-state index in [1.807, 2.05) is 6.92 Å². The second kappa shape index (κ2) is 9.24. The summed E-state index contributed by atoms with van der Waals surface area (Å²) in [5, 5.41) is 2.94. The number of rotatable bonds is 11. The van der Waals surface area contributed by atoms with Crippen molar-refractivity contribution in [2.24, 2.45) is 0 Å². The van der Waals surface area contributed by atoms with Crippen LogP contribution in [0.3, 0.4) is 0 Å². The number of hydrogen-bond donors (Lipinski definition) is 1. The maximum atomic E-state index is 11.4. The zero-order valence-electron chi connectivity index (χ0n) is 17.5. The van der Waals surface area contributed by atoms with E-state index in [9.17, 15) is 4.79 Å². The van der Waals surface area contributed by atoms with Gasteiger partial charge in [-0.3, -0.25) is 4.79 Å². The van der Waals surface area contributed by atoms with Gasteiger partial charge in [0.1, 0.15) is 0 Å². The van der Waals surface area contributed by atoms with Gasteiger partial charge in [0, 0.05) is 19.0 Å². The smallest absolute Gasteiger partial charge is 0.417 e. The van der Waals surface area contributed by atoms with E-state index >= 15 is 0 Å². The summed E-state index contributed by atoms with van der Waals surface area (Å²) in [5.74, 6) is 0.0885. The van der Waals surface area contributed by atoms with E-state index < -0.39 is 33.8 Å². The Morgan fingerprint density at radius 1 is 0.792 bits per heavy atom. The van der Waals surface area contributed by atoms with Gasteiger partial charge in [-0.15, -0.1) is 0 Å². The first-order chi connectivity index (χ1) is 10.6. The van der Waals surface area contributed by atoms with Crippen molar-refractivity contribution in [1.82, 2.24) is 5.32 Å². The molecule has 24 heavy (non-hydrogen) atoms. The summed E-state index contributed by atoms with van der Waals surface area (Å²) in [5.41, 5.74) is 0. The Labute approximate surface area is 153 Å². The molecule has 1 N–H and O–H groups in total. The molecule has 9 heteroatoms. The molecule has 1 amide bonds. The third-order valence-electron chi connectivity index (χ3n) is 2.69. The quantitative estimate of drug-likeness (QED) is 0.406. The minimum atomic E-state index is -2.75. The summed E-state index contributed by atoms with van der Waals surface area (Å²) in [6.07, 6.45) is 1.35. The largest absolute Gasteiger partial charge is 0.469 e. The standard InChI is InChI=1S/C15H39NO4Si4/c1-11-15(17)16-13-12-14-24(18-21(2,3)4,19-22(5,6)7)20-23(8,9)10/h11-14H2,1-10H3,(H,16,17). The highest BCUT2D eigenvalue weighted by Crippen LogP contribution is 2.29. The summed E-state index contributed by atoms with van der Waals surface area (Å²) in [4.78, 5) is 11.4. The second-order valence-electron chi connectivity index (χ2n) is 9.13. The van der Waals surface area contributed by atoms with Crippen molar-refractivity contribution in [3.05, 3.63) is 0 Å². The van der Waals surface area contributed by atoms with Crippen LogP contribution in [-0.2, 0) is 17.1 Å². The molecule has 0 rings (SSSR count). The van der Waals surface area contributed by atoms with Crippen molar-refractivity contribution in [2.75, 3.05) is 6.54 Å². The SMILES string of the molecule is CCC(=O)NCCC[Si](O[Si](C)(C)C)(O[Si](C)(C)C)O[Si](C)(C)C. The predicted molar refractivity (Wildman–Crippen MR) is 112 cm³/mol. The zero-order valence-corrected chi connectivity index (χ0v) is 21.5. The van der Waals surface area contributed by atoms with Crippen molar-refractivity contribution in [3.8, 4) is 0 Å². The summed E-state index contributed by atoms with van der Waals surface area (Å²) >= 11 is 0. The molecule has 5 nitrogen and oxygen atoms in total. The molecule has 0 aromatic rings. The van der Waals surface area contributed by atoms with Crippen molar-refractivity contribution < 1.29 is 17.1 Å². The van der Waals surface area contributed by atoms with Crippen LogP contribution in [0.4, 0.5) is 0 Å². The molecule has 0 saturated heterocycles. The topological polar surface area (TPSA) is 56.8 Å². The van der Waals surface area contributed by atoms with Gasteiger partial charge < -0.3 is 17.7 Å². The van der Waals surface area contributed by atoms with Crippen LogP contribution in [0.2, 0.25) is 65.0 Å². The maximum Gasteiger partial charge on any atom is 0.469 e. The highest BCUT2D eigenvalue weighted by Gasteiger charge is 2.49. The normalized spacial score (nSPS) is 13.9. The van der Waals surface area contributed by atoms with Gasteiger partial charge in [0.25, 0.3) is 0 Å². The van der Waals surface area contributed by atoms with Gasteiger partial charge in [0.2, 0.25) is 5.91 Å². The van der Waals surface area contributed by atoms with Gasteiger partial charge >= 0.3 is 8.80 Å². The molecule has 0 aliphatic rings. The first-order valence-corrected chi connectivity index (χ1v) is 21.1. The predicted octanol–water partition coefficient (Wildman–Crippen LogP) is 4.40. The highest BCUT2D eigenvalue weighted by atomic mass is 28.5. The summed E-state index contributed by atoms with van der Waals surface area (Å²) in [7, 11) is -8.19. The van der Waals surface area contributed by atoms with Crippen molar-refractivity contribution >= 4 is 39.7 Å². The van der Waals surface area contributed by atoms with Crippen LogP contribution in [0.15, 0.2) is 0 Å². The summed E-state index contributed by atoms with van der Waals surface area (Å²) < 4.78 is 19.8. The lowest BCUT2D eigenvalue weighted by molar-refractivity contribution is -0.120. The highest BCUT2D eigenvalue weighted by molar-refractivity contribution is 6.90. The van der Waals surface area contributed by atoms with Gasteiger partial charge in [-0.2, -0.15) is 0 Å².